The topological polar surface area (TPSA) is 69.9 Å². The molecular weight excluding hydrogens is 385 g/mol. The molecule has 0 saturated heterocycles. The minimum Gasteiger partial charge on any atom is -0.454 e. The maximum absolute atomic E-state index is 12.1. The van der Waals surface area contributed by atoms with Gasteiger partial charge in [0.15, 0.2) is 6.61 Å². The van der Waals surface area contributed by atoms with E-state index in [-0.39, 0.29) is 12.1 Å². The lowest BCUT2D eigenvalue weighted by atomic mass is 10.2. The van der Waals surface area contributed by atoms with Gasteiger partial charge in [-0.1, -0.05) is 23.7 Å². The molecule has 3 aromatic rings. The second kappa shape index (κ2) is 7.75. The van der Waals surface area contributed by atoms with Gasteiger partial charge in [-0.3, -0.25) is 4.79 Å². The molecule has 0 radical (unpaired) electrons. The normalized spacial score (nSPS) is 11.4. The quantitative estimate of drug-likeness (QED) is 0.661. The van der Waals surface area contributed by atoms with E-state index in [1.807, 2.05) is 6.07 Å². The molecule has 140 valence electrons. The molecule has 1 aromatic carbocycles. The van der Waals surface area contributed by atoms with Crippen molar-refractivity contribution in [1.82, 2.24) is 19.7 Å². The summed E-state index contributed by atoms with van der Waals surface area (Å²) in [6, 6.07) is 9.42. The summed E-state index contributed by atoms with van der Waals surface area (Å²) in [6.07, 6.45) is -1.93. The number of alkyl halides is 3. The minimum atomic E-state index is -4.47. The van der Waals surface area contributed by atoms with Crippen LogP contribution >= 0.6 is 11.6 Å². The van der Waals surface area contributed by atoms with Crippen molar-refractivity contribution in [3.8, 4) is 17.3 Å². The Morgan fingerprint density at radius 2 is 1.85 bits per heavy atom. The van der Waals surface area contributed by atoms with Crippen LogP contribution in [0.3, 0.4) is 0 Å². The molecule has 0 aliphatic carbocycles. The molecule has 0 saturated carbocycles. The van der Waals surface area contributed by atoms with Crippen molar-refractivity contribution in [1.29, 1.82) is 0 Å². The molecule has 27 heavy (non-hydrogen) atoms. The predicted molar refractivity (Wildman–Crippen MR) is 91.6 cm³/mol. The standard InChI is InChI=1S/C17H12ClF3N4O2/c18-13-3-1-2-11(6-13)9-25-15(26)5-4-14(24-25)12-7-22-16(23-8-12)27-10-17(19,20)21/h1-8H,9-10H2. The Morgan fingerprint density at radius 3 is 2.52 bits per heavy atom. The van der Waals surface area contributed by atoms with E-state index in [1.54, 1.807) is 18.2 Å². The zero-order valence-corrected chi connectivity index (χ0v) is 14.4. The van der Waals surface area contributed by atoms with E-state index in [0.717, 1.165) is 5.56 Å². The van der Waals surface area contributed by atoms with Gasteiger partial charge in [0.05, 0.1) is 12.2 Å². The molecule has 0 aliphatic heterocycles. The van der Waals surface area contributed by atoms with Gasteiger partial charge in [0.2, 0.25) is 0 Å². The van der Waals surface area contributed by atoms with Gasteiger partial charge >= 0.3 is 12.2 Å². The molecule has 10 heteroatoms. The fourth-order valence-corrected chi connectivity index (χ4v) is 2.41. The Labute approximate surface area is 156 Å². The summed E-state index contributed by atoms with van der Waals surface area (Å²) < 4.78 is 42.1. The molecule has 6 nitrogen and oxygen atoms in total. The largest absolute Gasteiger partial charge is 0.454 e. The Hall–Kier alpha value is -2.94. The average Bonchev–Trinajstić information content (AvgIpc) is 2.62. The van der Waals surface area contributed by atoms with Crippen molar-refractivity contribution < 1.29 is 17.9 Å². The Kier molecular flexibility index (Phi) is 5.41. The Morgan fingerprint density at radius 1 is 1.11 bits per heavy atom. The van der Waals surface area contributed by atoms with Crippen molar-refractivity contribution in [2.45, 2.75) is 12.7 Å². The van der Waals surface area contributed by atoms with Gasteiger partial charge in [0.1, 0.15) is 0 Å². The van der Waals surface area contributed by atoms with Crippen LogP contribution < -0.4 is 10.3 Å². The summed E-state index contributed by atoms with van der Waals surface area (Å²) in [5.74, 6) is 0. The number of halogens is 4. The number of hydrogen-bond donors (Lipinski definition) is 0. The van der Waals surface area contributed by atoms with Crippen LogP contribution in [0.4, 0.5) is 13.2 Å². The first-order valence-electron chi connectivity index (χ1n) is 7.65. The maximum Gasteiger partial charge on any atom is 0.422 e. The van der Waals surface area contributed by atoms with Gasteiger partial charge in [-0.25, -0.2) is 14.6 Å². The second-order valence-electron chi connectivity index (χ2n) is 5.50. The first-order valence-corrected chi connectivity index (χ1v) is 8.02. The average molecular weight is 397 g/mol. The van der Waals surface area contributed by atoms with Crippen LogP contribution in [0, 0.1) is 0 Å². The van der Waals surface area contributed by atoms with Gasteiger partial charge in [-0.15, -0.1) is 0 Å². The van der Waals surface area contributed by atoms with Gasteiger partial charge in [-0.2, -0.15) is 18.3 Å². The van der Waals surface area contributed by atoms with Gasteiger partial charge in [0, 0.05) is 29.0 Å². The first kappa shape index (κ1) is 18.8. The van der Waals surface area contributed by atoms with E-state index in [2.05, 4.69) is 19.8 Å². The smallest absolute Gasteiger partial charge is 0.422 e. The Bertz CT molecular complexity index is 990. The van der Waals surface area contributed by atoms with Crippen LogP contribution in [0.1, 0.15) is 5.56 Å². The van der Waals surface area contributed by atoms with Crippen molar-refractivity contribution in [3.63, 3.8) is 0 Å². The molecule has 0 spiro atoms. The Balaban J connectivity index is 1.80. The van der Waals surface area contributed by atoms with E-state index in [4.69, 9.17) is 11.6 Å². The highest BCUT2D eigenvalue weighted by atomic mass is 35.5. The number of ether oxygens (including phenoxy) is 1. The second-order valence-corrected chi connectivity index (χ2v) is 5.94. The van der Waals surface area contributed by atoms with E-state index < -0.39 is 18.8 Å². The van der Waals surface area contributed by atoms with Crippen LogP contribution in [0.15, 0.2) is 53.6 Å². The molecule has 0 bridgehead atoms. The van der Waals surface area contributed by atoms with Crippen LogP contribution in [0.2, 0.25) is 5.02 Å². The zero-order chi connectivity index (χ0) is 19.4. The fraction of sp³-hybridized carbons (Fsp3) is 0.176. The highest BCUT2D eigenvalue weighted by Gasteiger charge is 2.28. The highest BCUT2D eigenvalue weighted by molar-refractivity contribution is 6.30. The molecule has 3 rings (SSSR count). The fourth-order valence-electron chi connectivity index (χ4n) is 2.19. The molecule has 0 aliphatic rings. The SMILES string of the molecule is O=c1ccc(-c2cnc(OCC(F)(F)F)nc2)nn1Cc1cccc(Cl)c1. The summed E-state index contributed by atoms with van der Waals surface area (Å²) in [6.45, 7) is -1.27. The van der Waals surface area contributed by atoms with Crippen LogP contribution in [0.5, 0.6) is 6.01 Å². The van der Waals surface area contributed by atoms with E-state index in [1.165, 1.54) is 29.2 Å². The van der Waals surface area contributed by atoms with Crippen LogP contribution in [-0.4, -0.2) is 32.5 Å². The summed E-state index contributed by atoms with van der Waals surface area (Å²) >= 11 is 5.94. The monoisotopic (exact) mass is 396 g/mol. The molecule has 2 heterocycles. The number of benzene rings is 1. The highest BCUT2D eigenvalue weighted by Crippen LogP contribution is 2.18. The first-order chi connectivity index (χ1) is 12.8. The third-order valence-electron chi connectivity index (χ3n) is 3.38. The minimum absolute atomic E-state index is 0.209. The number of nitrogens with zero attached hydrogens (tertiary/aromatic N) is 4. The van der Waals surface area contributed by atoms with Crippen molar-refractivity contribution in [3.05, 3.63) is 69.7 Å². The van der Waals surface area contributed by atoms with E-state index >= 15 is 0 Å². The summed E-state index contributed by atoms with van der Waals surface area (Å²) in [5, 5.41) is 4.78. The van der Waals surface area contributed by atoms with Crippen LogP contribution in [-0.2, 0) is 6.54 Å². The number of hydrogen-bond acceptors (Lipinski definition) is 5. The summed E-state index contributed by atoms with van der Waals surface area (Å²) in [4.78, 5) is 19.5. The summed E-state index contributed by atoms with van der Waals surface area (Å²) in [5.41, 5.74) is 1.29. The molecule has 0 fully saturated rings. The zero-order valence-electron chi connectivity index (χ0n) is 13.7. The molecule has 2 aromatic heterocycles. The van der Waals surface area contributed by atoms with Crippen molar-refractivity contribution >= 4 is 11.6 Å². The van der Waals surface area contributed by atoms with Gasteiger partial charge < -0.3 is 4.74 Å². The number of rotatable bonds is 5. The van der Waals surface area contributed by atoms with Crippen LogP contribution in [0.25, 0.3) is 11.3 Å². The van der Waals surface area contributed by atoms with Gasteiger partial charge in [-0.05, 0) is 23.8 Å². The molecule has 0 unspecified atom stereocenters. The third-order valence-corrected chi connectivity index (χ3v) is 3.61. The molecular formula is C17H12ClF3N4O2. The maximum atomic E-state index is 12.1. The molecule has 0 N–H and O–H groups in total. The van der Waals surface area contributed by atoms with Crippen molar-refractivity contribution in [2.75, 3.05) is 6.61 Å². The lowest BCUT2D eigenvalue weighted by Gasteiger charge is -2.09. The van der Waals surface area contributed by atoms with Gasteiger partial charge in [0.25, 0.3) is 5.56 Å². The molecule has 0 amide bonds. The van der Waals surface area contributed by atoms with Crippen molar-refractivity contribution in [2.24, 2.45) is 0 Å². The number of aromatic nitrogens is 4. The third kappa shape index (κ3) is 5.27. The van der Waals surface area contributed by atoms with E-state index in [9.17, 15) is 18.0 Å². The predicted octanol–water partition coefficient (Wildman–Crippen LogP) is 3.34. The lowest BCUT2D eigenvalue weighted by Crippen LogP contribution is -2.23. The van der Waals surface area contributed by atoms with E-state index in [0.29, 0.717) is 16.3 Å². The summed E-state index contributed by atoms with van der Waals surface area (Å²) in [7, 11) is 0. The lowest BCUT2D eigenvalue weighted by molar-refractivity contribution is -0.154. The molecule has 0 atom stereocenters.